The summed E-state index contributed by atoms with van der Waals surface area (Å²) in [4.78, 5) is 10.5. The first-order valence-electron chi connectivity index (χ1n) is 4.17. The van der Waals surface area contributed by atoms with Gasteiger partial charge in [0.05, 0.1) is 5.92 Å². The van der Waals surface area contributed by atoms with Crippen molar-refractivity contribution in [2.24, 2.45) is 5.92 Å². The topological polar surface area (TPSA) is 37.3 Å². The zero-order chi connectivity index (χ0) is 10.7. The van der Waals surface area contributed by atoms with Crippen LogP contribution in [0, 0.1) is 17.6 Å². The molecule has 0 saturated carbocycles. The third kappa shape index (κ3) is 2.52. The van der Waals surface area contributed by atoms with Crippen LogP contribution in [0.25, 0.3) is 0 Å². The summed E-state index contributed by atoms with van der Waals surface area (Å²) in [5, 5.41) is 8.60. The van der Waals surface area contributed by atoms with E-state index in [0.717, 1.165) is 12.1 Å². The smallest absolute Gasteiger partial charge is 0.306 e. The normalized spacial score (nSPS) is 12.5. The summed E-state index contributed by atoms with van der Waals surface area (Å²) in [6.07, 6.45) is 0.201. The van der Waals surface area contributed by atoms with Crippen molar-refractivity contribution in [1.29, 1.82) is 0 Å². The Bertz CT molecular complexity index is 350. The first-order chi connectivity index (χ1) is 6.50. The molecule has 1 atom stereocenters. The summed E-state index contributed by atoms with van der Waals surface area (Å²) < 4.78 is 25.2. The van der Waals surface area contributed by atoms with Gasteiger partial charge in [-0.25, -0.2) is 8.78 Å². The molecule has 0 amide bonds. The molecule has 76 valence electrons. The van der Waals surface area contributed by atoms with Crippen LogP contribution in [0.2, 0.25) is 0 Å². The molecule has 1 unspecified atom stereocenters. The first kappa shape index (κ1) is 10.6. The average molecular weight is 200 g/mol. The highest BCUT2D eigenvalue weighted by Gasteiger charge is 2.12. The number of carboxylic acids is 1. The Balaban J connectivity index is 2.78. The van der Waals surface area contributed by atoms with Crippen LogP contribution in [0.15, 0.2) is 18.2 Å². The first-order valence-corrected chi connectivity index (χ1v) is 4.17. The van der Waals surface area contributed by atoms with Gasteiger partial charge < -0.3 is 5.11 Å². The lowest BCUT2D eigenvalue weighted by Crippen LogP contribution is -2.12. The number of halogens is 2. The van der Waals surface area contributed by atoms with Crippen LogP contribution in [0.1, 0.15) is 12.5 Å². The van der Waals surface area contributed by atoms with Crippen LogP contribution in [0.4, 0.5) is 8.78 Å². The lowest BCUT2D eigenvalue weighted by molar-refractivity contribution is -0.141. The highest BCUT2D eigenvalue weighted by atomic mass is 19.2. The third-order valence-electron chi connectivity index (χ3n) is 1.95. The molecule has 1 aromatic rings. The van der Waals surface area contributed by atoms with Crippen molar-refractivity contribution < 1.29 is 18.7 Å². The molecule has 0 aliphatic carbocycles. The predicted molar refractivity (Wildman–Crippen MR) is 46.9 cm³/mol. The van der Waals surface area contributed by atoms with Crippen molar-refractivity contribution in [2.45, 2.75) is 13.3 Å². The van der Waals surface area contributed by atoms with E-state index in [0.29, 0.717) is 5.56 Å². The molecule has 0 radical (unpaired) electrons. The molecule has 0 saturated heterocycles. The lowest BCUT2D eigenvalue weighted by Gasteiger charge is -2.05. The Hall–Kier alpha value is -1.45. The van der Waals surface area contributed by atoms with Crippen LogP contribution < -0.4 is 0 Å². The summed E-state index contributed by atoms with van der Waals surface area (Å²) in [6, 6.07) is 3.41. The van der Waals surface area contributed by atoms with Crippen LogP contribution in [0.5, 0.6) is 0 Å². The van der Waals surface area contributed by atoms with Crippen LogP contribution in [0.3, 0.4) is 0 Å². The molecule has 1 N–H and O–H groups in total. The van der Waals surface area contributed by atoms with Gasteiger partial charge in [-0.3, -0.25) is 4.79 Å². The quantitative estimate of drug-likeness (QED) is 0.812. The number of rotatable bonds is 3. The van der Waals surface area contributed by atoms with Crippen molar-refractivity contribution in [1.82, 2.24) is 0 Å². The minimum Gasteiger partial charge on any atom is -0.481 e. The van der Waals surface area contributed by atoms with E-state index in [4.69, 9.17) is 5.11 Å². The van der Waals surface area contributed by atoms with Gasteiger partial charge in [0, 0.05) is 0 Å². The minimum absolute atomic E-state index is 0.201. The molecule has 1 aromatic carbocycles. The summed E-state index contributed by atoms with van der Waals surface area (Å²) in [5.74, 6) is -3.41. The van der Waals surface area contributed by atoms with E-state index < -0.39 is 23.5 Å². The van der Waals surface area contributed by atoms with Gasteiger partial charge >= 0.3 is 5.97 Å². The van der Waals surface area contributed by atoms with Crippen molar-refractivity contribution in [3.63, 3.8) is 0 Å². The fourth-order valence-corrected chi connectivity index (χ4v) is 1.11. The fourth-order valence-electron chi connectivity index (χ4n) is 1.11. The van der Waals surface area contributed by atoms with Crippen LogP contribution in [-0.4, -0.2) is 11.1 Å². The zero-order valence-electron chi connectivity index (χ0n) is 7.63. The molecular weight excluding hydrogens is 190 g/mol. The predicted octanol–water partition coefficient (Wildman–Crippen LogP) is 2.23. The fraction of sp³-hybridized carbons (Fsp3) is 0.300. The molecule has 0 heterocycles. The molecule has 0 spiro atoms. The van der Waals surface area contributed by atoms with Gasteiger partial charge in [0.25, 0.3) is 0 Å². The van der Waals surface area contributed by atoms with E-state index in [1.54, 1.807) is 0 Å². The van der Waals surface area contributed by atoms with E-state index in [-0.39, 0.29) is 6.42 Å². The van der Waals surface area contributed by atoms with Crippen molar-refractivity contribution in [2.75, 3.05) is 0 Å². The second-order valence-electron chi connectivity index (χ2n) is 3.19. The Morgan fingerprint density at radius 2 is 2.07 bits per heavy atom. The molecule has 0 fully saturated rings. The van der Waals surface area contributed by atoms with Gasteiger partial charge in [-0.15, -0.1) is 0 Å². The standard InChI is InChI=1S/C10H10F2O2/c1-6(10(13)14)4-7-2-3-8(11)9(12)5-7/h2-3,5-6H,4H2,1H3,(H,13,14). The largest absolute Gasteiger partial charge is 0.481 e. The number of carboxylic acid groups (broad SMARTS) is 1. The van der Waals surface area contributed by atoms with Crippen LogP contribution >= 0.6 is 0 Å². The van der Waals surface area contributed by atoms with Crippen LogP contribution in [-0.2, 0) is 11.2 Å². The average Bonchev–Trinajstić information content (AvgIpc) is 2.11. The number of hydrogen-bond acceptors (Lipinski definition) is 1. The third-order valence-corrected chi connectivity index (χ3v) is 1.95. The number of hydrogen-bond donors (Lipinski definition) is 1. The SMILES string of the molecule is CC(Cc1ccc(F)c(F)c1)C(=O)O. The maximum Gasteiger partial charge on any atom is 0.306 e. The van der Waals surface area contributed by atoms with Crippen molar-refractivity contribution in [3.8, 4) is 0 Å². The van der Waals surface area contributed by atoms with Crippen molar-refractivity contribution in [3.05, 3.63) is 35.4 Å². The molecule has 1 rings (SSSR count). The Morgan fingerprint density at radius 1 is 1.43 bits per heavy atom. The molecule has 14 heavy (non-hydrogen) atoms. The van der Waals surface area contributed by atoms with E-state index in [9.17, 15) is 13.6 Å². The summed E-state index contributed by atoms with van der Waals surface area (Å²) in [7, 11) is 0. The van der Waals surface area contributed by atoms with Gasteiger partial charge in [0.15, 0.2) is 11.6 Å². The van der Waals surface area contributed by atoms with Gasteiger partial charge in [-0.05, 0) is 24.1 Å². The molecular formula is C10H10F2O2. The molecule has 0 aromatic heterocycles. The number of benzene rings is 1. The highest BCUT2D eigenvalue weighted by molar-refractivity contribution is 5.69. The lowest BCUT2D eigenvalue weighted by atomic mass is 10.0. The monoisotopic (exact) mass is 200 g/mol. The highest BCUT2D eigenvalue weighted by Crippen LogP contribution is 2.12. The van der Waals surface area contributed by atoms with E-state index >= 15 is 0 Å². The maximum atomic E-state index is 12.7. The zero-order valence-corrected chi connectivity index (χ0v) is 7.63. The molecule has 2 nitrogen and oxygen atoms in total. The van der Waals surface area contributed by atoms with Gasteiger partial charge in [0.2, 0.25) is 0 Å². The van der Waals surface area contributed by atoms with E-state index in [2.05, 4.69) is 0 Å². The maximum absolute atomic E-state index is 12.7. The molecule has 0 bridgehead atoms. The Kier molecular flexibility index (Phi) is 3.17. The van der Waals surface area contributed by atoms with Gasteiger partial charge in [-0.1, -0.05) is 13.0 Å². The van der Waals surface area contributed by atoms with E-state index in [1.807, 2.05) is 0 Å². The van der Waals surface area contributed by atoms with Crippen molar-refractivity contribution >= 4 is 5.97 Å². The molecule has 0 aliphatic rings. The summed E-state index contributed by atoms with van der Waals surface area (Å²) in [5.41, 5.74) is 0.485. The number of carbonyl (C=O) groups is 1. The second-order valence-corrected chi connectivity index (χ2v) is 3.19. The number of aliphatic carboxylic acids is 1. The van der Waals surface area contributed by atoms with Gasteiger partial charge in [0.1, 0.15) is 0 Å². The second kappa shape index (κ2) is 4.17. The Morgan fingerprint density at radius 3 is 2.57 bits per heavy atom. The minimum atomic E-state index is -0.949. The van der Waals surface area contributed by atoms with Gasteiger partial charge in [-0.2, -0.15) is 0 Å². The molecule has 0 aliphatic heterocycles. The Labute approximate surface area is 80.2 Å². The molecule has 4 heteroatoms. The summed E-state index contributed by atoms with van der Waals surface area (Å²) >= 11 is 0. The van der Waals surface area contributed by atoms with E-state index in [1.165, 1.54) is 13.0 Å². The summed E-state index contributed by atoms with van der Waals surface area (Å²) in [6.45, 7) is 1.52.